The number of hydrogen-bond acceptors (Lipinski definition) is 0. The van der Waals surface area contributed by atoms with Gasteiger partial charge in [0.2, 0.25) is 0 Å². The van der Waals surface area contributed by atoms with Gasteiger partial charge in [-0.1, -0.05) is 39.5 Å². The summed E-state index contributed by atoms with van der Waals surface area (Å²) in [5.41, 5.74) is 0. The highest BCUT2D eigenvalue weighted by Gasteiger charge is 2.53. The molecular weight excluding hydrogens is 288 g/mol. The van der Waals surface area contributed by atoms with Crippen molar-refractivity contribution in [2.45, 2.75) is 90.9 Å². The molecule has 5 saturated carbocycles. The standard InChI is InChI=1S/C24H40/c1-15-17-7-3-5-9-21(17)23-14-12-20-16(2)18-8-4-6-10-22(18)24(20)13-11-19(15)23/h15-24H,3-14H2,1-2H3. The minimum atomic E-state index is 1.05. The van der Waals surface area contributed by atoms with E-state index in [9.17, 15) is 0 Å². The smallest absolute Gasteiger partial charge is 0.0352 e. The quantitative estimate of drug-likeness (QED) is 0.452. The summed E-state index contributed by atoms with van der Waals surface area (Å²) in [7, 11) is 0. The van der Waals surface area contributed by atoms with Crippen molar-refractivity contribution in [3.8, 4) is 0 Å². The van der Waals surface area contributed by atoms with Crippen molar-refractivity contribution >= 4 is 0 Å². The van der Waals surface area contributed by atoms with Gasteiger partial charge in [-0.15, -0.1) is 0 Å². The van der Waals surface area contributed by atoms with Crippen molar-refractivity contribution in [2.24, 2.45) is 59.2 Å². The molecule has 24 heavy (non-hydrogen) atoms. The zero-order valence-electron chi connectivity index (χ0n) is 16.3. The summed E-state index contributed by atoms with van der Waals surface area (Å²) in [6.07, 6.45) is 18.9. The second-order valence-electron chi connectivity index (χ2n) is 10.8. The molecule has 0 heterocycles. The van der Waals surface area contributed by atoms with Gasteiger partial charge in [-0.05, 0) is 111 Å². The molecule has 0 radical (unpaired) electrons. The molecule has 0 aromatic carbocycles. The second-order valence-corrected chi connectivity index (χ2v) is 10.8. The van der Waals surface area contributed by atoms with Crippen LogP contribution in [0.3, 0.4) is 0 Å². The van der Waals surface area contributed by atoms with Crippen LogP contribution in [0.15, 0.2) is 0 Å². The molecule has 0 bridgehead atoms. The van der Waals surface area contributed by atoms with Gasteiger partial charge in [0.1, 0.15) is 0 Å². The lowest BCUT2D eigenvalue weighted by Gasteiger charge is -2.36. The molecule has 10 unspecified atom stereocenters. The molecule has 0 nitrogen and oxygen atoms in total. The Balaban J connectivity index is 1.37. The van der Waals surface area contributed by atoms with Crippen LogP contribution in [0.1, 0.15) is 90.9 Å². The minimum absolute atomic E-state index is 1.05. The zero-order chi connectivity index (χ0) is 16.3. The fraction of sp³-hybridized carbons (Fsp3) is 1.00. The minimum Gasteiger partial charge on any atom is -0.0620 e. The monoisotopic (exact) mass is 328 g/mol. The van der Waals surface area contributed by atoms with Gasteiger partial charge in [-0.25, -0.2) is 0 Å². The van der Waals surface area contributed by atoms with Crippen molar-refractivity contribution in [1.82, 2.24) is 0 Å². The Kier molecular flexibility index (Phi) is 4.26. The molecule has 0 N–H and O–H groups in total. The van der Waals surface area contributed by atoms with Gasteiger partial charge < -0.3 is 0 Å². The van der Waals surface area contributed by atoms with E-state index in [1.165, 1.54) is 12.8 Å². The Morgan fingerprint density at radius 2 is 0.583 bits per heavy atom. The van der Waals surface area contributed by atoms with Crippen LogP contribution in [0.25, 0.3) is 0 Å². The molecule has 5 aliphatic carbocycles. The van der Waals surface area contributed by atoms with Gasteiger partial charge in [-0.3, -0.25) is 0 Å². The molecule has 5 aliphatic rings. The topological polar surface area (TPSA) is 0 Å². The SMILES string of the molecule is CC1C2CCCCC2C2CCC3C(C)C4CCCCC4C3CCC12. The summed E-state index contributed by atoms with van der Waals surface area (Å²) < 4.78 is 0. The lowest BCUT2D eigenvalue weighted by atomic mass is 9.69. The third-order valence-corrected chi connectivity index (χ3v) is 10.3. The maximum absolute atomic E-state index is 2.66. The van der Waals surface area contributed by atoms with E-state index in [-0.39, 0.29) is 0 Å². The fourth-order valence-electron chi connectivity index (χ4n) is 9.38. The molecule has 0 aromatic heterocycles. The van der Waals surface area contributed by atoms with Gasteiger partial charge in [0.15, 0.2) is 0 Å². The summed E-state index contributed by atoms with van der Waals surface area (Å²) >= 11 is 0. The molecule has 0 saturated heterocycles. The average Bonchev–Trinajstić information content (AvgIpc) is 3.01. The summed E-state index contributed by atoms with van der Waals surface area (Å²) in [5, 5.41) is 0. The normalized spacial score (nSPS) is 57.2. The Morgan fingerprint density at radius 3 is 1.00 bits per heavy atom. The summed E-state index contributed by atoms with van der Waals surface area (Å²) in [4.78, 5) is 0. The van der Waals surface area contributed by atoms with Crippen molar-refractivity contribution in [3.63, 3.8) is 0 Å². The van der Waals surface area contributed by atoms with Gasteiger partial charge in [0.25, 0.3) is 0 Å². The second kappa shape index (κ2) is 6.31. The third kappa shape index (κ3) is 2.37. The summed E-state index contributed by atoms with van der Waals surface area (Å²) in [5.74, 6) is 11.1. The molecule has 0 aliphatic heterocycles. The van der Waals surface area contributed by atoms with E-state index in [0.717, 1.165) is 59.2 Å². The van der Waals surface area contributed by atoms with Crippen LogP contribution in [0, 0.1) is 59.2 Å². The van der Waals surface area contributed by atoms with Crippen molar-refractivity contribution in [3.05, 3.63) is 0 Å². The van der Waals surface area contributed by atoms with Gasteiger partial charge in [0, 0.05) is 0 Å². The first-order chi connectivity index (χ1) is 11.8. The van der Waals surface area contributed by atoms with E-state index in [4.69, 9.17) is 0 Å². The Labute approximate surface area is 150 Å². The van der Waals surface area contributed by atoms with Crippen LogP contribution in [0.4, 0.5) is 0 Å². The first-order valence-corrected chi connectivity index (χ1v) is 11.8. The first kappa shape index (κ1) is 16.2. The molecule has 0 aromatic rings. The maximum Gasteiger partial charge on any atom is -0.0352 e. The van der Waals surface area contributed by atoms with Crippen molar-refractivity contribution in [1.29, 1.82) is 0 Å². The highest BCUT2D eigenvalue weighted by Crippen LogP contribution is 2.61. The van der Waals surface area contributed by atoms with Gasteiger partial charge in [-0.2, -0.15) is 0 Å². The average molecular weight is 329 g/mol. The largest absolute Gasteiger partial charge is 0.0620 e. The van der Waals surface area contributed by atoms with Crippen LogP contribution in [0.2, 0.25) is 0 Å². The third-order valence-electron chi connectivity index (χ3n) is 10.3. The van der Waals surface area contributed by atoms with E-state index < -0.39 is 0 Å². The first-order valence-electron chi connectivity index (χ1n) is 11.8. The van der Waals surface area contributed by atoms with Crippen LogP contribution >= 0.6 is 0 Å². The van der Waals surface area contributed by atoms with Gasteiger partial charge >= 0.3 is 0 Å². The number of fused-ring (bicyclic) bond motifs is 6. The zero-order valence-corrected chi connectivity index (χ0v) is 16.3. The predicted molar refractivity (Wildman–Crippen MR) is 102 cm³/mol. The molecule has 5 rings (SSSR count). The van der Waals surface area contributed by atoms with Gasteiger partial charge in [0.05, 0.1) is 0 Å². The summed E-state index contributed by atoms with van der Waals surface area (Å²) in [6.45, 7) is 5.32. The van der Waals surface area contributed by atoms with Crippen LogP contribution in [-0.2, 0) is 0 Å². The van der Waals surface area contributed by atoms with E-state index in [2.05, 4.69) is 13.8 Å². The highest BCUT2D eigenvalue weighted by molar-refractivity contribution is 5.02. The Bertz CT molecular complexity index is 411. The molecule has 136 valence electrons. The predicted octanol–water partition coefficient (Wildman–Crippen LogP) is 6.94. The lowest BCUT2D eigenvalue weighted by Crippen LogP contribution is -2.27. The van der Waals surface area contributed by atoms with Crippen LogP contribution in [-0.4, -0.2) is 0 Å². The Morgan fingerprint density at radius 1 is 0.333 bits per heavy atom. The fourth-order valence-corrected chi connectivity index (χ4v) is 9.38. The molecule has 0 spiro atoms. The molecule has 0 heteroatoms. The van der Waals surface area contributed by atoms with E-state index in [0.29, 0.717) is 0 Å². The Hall–Kier alpha value is 0. The molecular formula is C24H40. The number of hydrogen-bond donors (Lipinski definition) is 0. The maximum atomic E-state index is 2.66. The van der Waals surface area contributed by atoms with E-state index in [1.54, 1.807) is 64.2 Å². The van der Waals surface area contributed by atoms with Crippen molar-refractivity contribution in [2.75, 3.05) is 0 Å². The van der Waals surface area contributed by atoms with Crippen molar-refractivity contribution < 1.29 is 0 Å². The van der Waals surface area contributed by atoms with Crippen LogP contribution in [0.5, 0.6) is 0 Å². The molecule has 10 atom stereocenters. The van der Waals surface area contributed by atoms with E-state index >= 15 is 0 Å². The lowest BCUT2D eigenvalue weighted by molar-refractivity contribution is 0.138. The highest BCUT2D eigenvalue weighted by atomic mass is 14.6. The van der Waals surface area contributed by atoms with Crippen LogP contribution < -0.4 is 0 Å². The molecule has 5 fully saturated rings. The number of rotatable bonds is 0. The van der Waals surface area contributed by atoms with E-state index in [1.807, 2.05) is 0 Å². The molecule has 0 amide bonds. The summed E-state index contributed by atoms with van der Waals surface area (Å²) in [6, 6.07) is 0.